The smallest absolute Gasteiger partial charge is 0.0490 e. The van der Waals surface area contributed by atoms with Crippen LogP contribution in [0.4, 0.5) is 0 Å². The van der Waals surface area contributed by atoms with Gasteiger partial charge in [0.2, 0.25) is 0 Å². The molecule has 0 heterocycles. The zero-order chi connectivity index (χ0) is 13.8. The fourth-order valence-corrected chi connectivity index (χ4v) is 2.21. The average molecular weight is 271 g/mol. The lowest BCUT2D eigenvalue weighted by Gasteiger charge is -2.03. The quantitative estimate of drug-likeness (QED) is 0.631. The molecule has 0 aliphatic heterocycles. The Morgan fingerprint density at radius 1 is 1.26 bits per heavy atom. The second-order valence-corrected chi connectivity index (χ2v) is 4.81. The van der Waals surface area contributed by atoms with E-state index in [-0.39, 0.29) is 0 Å². The molecule has 0 aliphatic rings. The SMILES string of the molecule is C/C(C=N)=C/C(N)=C/c1cc(Cl)c2ccccc2c1. The Kier molecular flexibility index (Phi) is 4.03. The molecule has 0 aliphatic carbocycles. The van der Waals surface area contributed by atoms with Crippen molar-refractivity contribution in [1.82, 2.24) is 0 Å². The van der Waals surface area contributed by atoms with Gasteiger partial charge in [0.25, 0.3) is 0 Å². The van der Waals surface area contributed by atoms with E-state index in [0.717, 1.165) is 21.9 Å². The first-order valence-corrected chi connectivity index (χ1v) is 6.32. The molecule has 0 spiro atoms. The summed E-state index contributed by atoms with van der Waals surface area (Å²) >= 11 is 6.26. The molecule has 0 atom stereocenters. The zero-order valence-electron chi connectivity index (χ0n) is 10.7. The number of nitrogens with two attached hydrogens (primary N) is 1. The zero-order valence-corrected chi connectivity index (χ0v) is 11.4. The van der Waals surface area contributed by atoms with E-state index in [1.807, 2.05) is 49.4 Å². The molecular weight excluding hydrogens is 256 g/mol. The van der Waals surface area contributed by atoms with Crippen LogP contribution in [0.3, 0.4) is 0 Å². The van der Waals surface area contributed by atoms with Gasteiger partial charge in [0.05, 0.1) is 0 Å². The highest BCUT2D eigenvalue weighted by Crippen LogP contribution is 2.26. The first kappa shape index (κ1) is 13.4. The standard InChI is InChI=1S/C16H15ClN2/c1-11(10-18)6-14(19)8-12-7-13-4-2-3-5-15(13)16(17)9-12/h2-10,18H,19H2,1H3/b11-6-,14-8-,18-10?. The van der Waals surface area contributed by atoms with Crippen molar-refractivity contribution in [1.29, 1.82) is 5.41 Å². The third-order valence-electron chi connectivity index (χ3n) is 2.79. The van der Waals surface area contributed by atoms with E-state index in [0.29, 0.717) is 10.7 Å². The van der Waals surface area contributed by atoms with Crippen LogP contribution >= 0.6 is 11.6 Å². The summed E-state index contributed by atoms with van der Waals surface area (Å²) in [5.41, 5.74) is 8.28. The predicted molar refractivity (Wildman–Crippen MR) is 83.7 cm³/mol. The number of fused-ring (bicyclic) bond motifs is 1. The number of allylic oxidation sites excluding steroid dienone is 2. The summed E-state index contributed by atoms with van der Waals surface area (Å²) in [5, 5.41) is 9.96. The normalized spacial score (nSPS) is 12.7. The van der Waals surface area contributed by atoms with Gasteiger partial charge in [-0.05, 0) is 47.7 Å². The van der Waals surface area contributed by atoms with Crippen molar-refractivity contribution < 1.29 is 0 Å². The van der Waals surface area contributed by atoms with Gasteiger partial charge >= 0.3 is 0 Å². The van der Waals surface area contributed by atoms with Gasteiger partial charge in [0.15, 0.2) is 0 Å². The number of hydrogen-bond acceptors (Lipinski definition) is 2. The molecule has 2 aromatic carbocycles. The van der Waals surface area contributed by atoms with Crippen LogP contribution in [0.5, 0.6) is 0 Å². The molecule has 3 N–H and O–H groups in total. The van der Waals surface area contributed by atoms with Crippen LogP contribution in [0.15, 0.2) is 53.7 Å². The molecule has 0 amide bonds. The molecule has 0 aromatic heterocycles. The second-order valence-electron chi connectivity index (χ2n) is 4.40. The highest BCUT2D eigenvalue weighted by molar-refractivity contribution is 6.35. The fourth-order valence-electron chi connectivity index (χ4n) is 1.91. The van der Waals surface area contributed by atoms with Crippen molar-refractivity contribution >= 4 is 34.7 Å². The fraction of sp³-hybridized carbons (Fsp3) is 0.0625. The van der Waals surface area contributed by atoms with E-state index in [1.165, 1.54) is 6.21 Å². The van der Waals surface area contributed by atoms with Crippen LogP contribution in [-0.2, 0) is 0 Å². The van der Waals surface area contributed by atoms with Crippen molar-refractivity contribution in [2.75, 3.05) is 0 Å². The Bertz CT molecular complexity index is 684. The van der Waals surface area contributed by atoms with Crippen molar-refractivity contribution in [3.63, 3.8) is 0 Å². The van der Waals surface area contributed by atoms with Gasteiger partial charge in [-0.2, -0.15) is 0 Å². The maximum atomic E-state index is 7.13. The Balaban J connectivity index is 2.47. The molecule has 0 bridgehead atoms. The summed E-state index contributed by atoms with van der Waals surface area (Å²) in [6.45, 7) is 1.83. The Morgan fingerprint density at radius 2 is 2.00 bits per heavy atom. The van der Waals surface area contributed by atoms with Gasteiger partial charge < -0.3 is 11.1 Å². The third kappa shape index (κ3) is 3.24. The van der Waals surface area contributed by atoms with Crippen LogP contribution in [0.2, 0.25) is 5.02 Å². The largest absolute Gasteiger partial charge is 0.399 e. The van der Waals surface area contributed by atoms with Gasteiger partial charge in [0.1, 0.15) is 0 Å². The van der Waals surface area contributed by atoms with E-state index in [2.05, 4.69) is 0 Å². The summed E-state index contributed by atoms with van der Waals surface area (Å²) in [6, 6.07) is 11.9. The summed E-state index contributed by atoms with van der Waals surface area (Å²) in [4.78, 5) is 0. The van der Waals surface area contributed by atoms with E-state index in [1.54, 1.807) is 6.08 Å². The van der Waals surface area contributed by atoms with E-state index < -0.39 is 0 Å². The molecule has 0 fully saturated rings. The highest BCUT2D eigenvalue weighted by atomic mass is 35.5. The minimum Gasteiger partial charge on any atom is -0.399 e. The van der Waals surface area contributed by atoms with Crippen molar-refractivity contribution in [2.45, 2.75) is 6.92 Å². The van der Waals surface area contributed by atoms with Crippen LogP contribution in [0.1, 0.15) is 12.5 Å². The minimum absolute atomic E-state index is 0.604. The van der Waals surface area contributed by atoms with Gasteiger partial charge in [0, 0.05) is 22.3 Å². The van der Waals surface area contributed by atoms with Gasteiger partial charge in [-0.25, -0.2) is 0 Å². The number of nitrogens with one attached hydrogen (secondary N) is 1. The van der Waals surface area contributed by atoms with Crippen molar-refractivity contribution in [3.05, 3.63) is 64.3 Å². The molecule has 0 unspecified atom stereocenters. The van der Waals surface area contributed by atoms with Gasteiger partial charge in [-0.3, -0.25) is 0 Å². The van der Waals surface area contributed by atoms with E-state index in [9.17, 15) is 0 Å². The average Bonchev–Trinajstić information content (AvgIpc) is 2.38. The van der Waals surface area contributed by atoms with E-state index in [4.69, 9.17) is 22.7 Å². The maximum absolute atomic E-state index is 7.13. The second kappa shape index (κ2) is 5.72. The molecule has 3 heteroatoms. The van der Waals surface area contributed by atoms with Crippen LogP contribution in [0, 0.1) is 5.41 Å². The Morgan fingerprint density at radius 3 is 2.74 bits per heavy atom. The highest BCUT2D eigenvalue weighted by Gasteiger charge is 2.00. The number of halogens is 1. The summed E-state index contributed by atoms with van der Waals surface area (Å²) < 4.78 is 0. The molecule has 0 saturated carbocycles. The van der Waals surface area contributed by atoms with Gasteiger partial charge in [-0.15, -0.1) is 0 Å². The minimum atomic E-state index is 0.604. The van der Waals surface area contributed by atoms with Crippen LogP contribution in [0.25, 0.3) is 16.8 Å². The first-order valence-electron chi connectivity index (χ1n) is 5.94. The Labute approximate surface area is 117 Å². The third-order valence-corrected chi connectivity index (χ3v) is 3.10. The maximum Gasteiger partial charge on any atom is 0.0490 e. The molecule has 2 rings (SSSR count). The number of benzene rings is 2. The monoisotopic (exact) mass is 270 g/mol. The first-order chi connectivity index (χ1) is 9.10. The lowest BCUT2D eigenvalue weighted by molar-refractivity contribution is 1.41. The lowest BCUT2D eigenvalue weighted by Crippen LogP contribution is -1.94. The van der Waals surface area contributed by atoms with Crippen molar-refractivity contribution in [3.8, 4) is 0 Å². The summed E-state index contributed by atoms with van der Waals surface area (Å²) in [7, 11) is 0. The van der Waals surface area contributed by atoms with Crippen molar-refractivity contribution in [2.24, 2.45) is 5.73 Å². The molecular formula is C16H15ClN2. The van der Waals surface area contributed by atoms with Gasteiger partial charge in [-0.1, -0.05) is 35.9 Å². The van der Waals surface area contributed by atoms with Crippen LogP contribution < -0.4 is 5.73 Å². The molecule has 0 saturated heterocycles. The number of rotatable bonds is 3. The lowest BCUT2D eigenvalue weighted by atomic mass is 10.1. The molecule has 2 aromatic rings. The number of hydrogen-bond donors (Lipinski definition) is 2. The molecule has 0 radical (unpaired) electrons. The van der Waals surface area contributed by atoms with Crippen LogP contribution in [-0.4, -0.2) is 6.21 Å². The molecule has 2 nitrogen and oxygen atoms in total. The Hall–Kier alpha value is -2.06. The summed E-state index contributed by atoms with van der Waals surface area (Å²) in [6.07, 6.45) is 4.88. The predicted octanol–water partition coefficient (Wildman–Crippen LogP) is 4.39. The summed E-state index contributed by atoms with van der Waals surface area (Å²) in [5.74, 6) is 0. The van der Waals surface area contributed by atoms with E-state index >= 15 is 0 Å². The molecule has 19 heavy (non-hydrogen) atoms. The molecule has 96 valence electrons. The topological polar surface area (TPSA) is 49.9 Å².